The molecule has 2 saturated heterocycles. The van der Waals surface area contributed by atoms with E-state index in [-0.39, 0.29) is 0 Å². The lowest BCUT2D eigenvalue weighted by Crippen LogP contribution is -2.50. The SMILES string of the molecule is COCC[C@@H]1CCCN(CC(=O)N2CCNCC2)C1. The van der Waals surface area contributed by atoms with Gasteiger partial charge in [0.2, 0.25) is 5.91 Å². The summed E-state index contributed by atoms with van der Waals surface area (Å²) in [6, 6.07) is 0. The minimum Gasteiger partial charge on any atom is -0.385 e. The quantitative estimate of drug-likeness (QED) is 0.772. The van der Waals surface area contributed by atoms with Crippen LogP contribution in [0.1, 0.15) is 19.3 Å². The third kappa shape index (κ3) is 4.75. The van der Waals surface area contributed by atoms with E-state index in [9.17, 15) is 4.79 Å². The number of ether oxygens (including phenoxy) is 1. The first kappa shape index (κ1) is 14.8. The molecule has 2 fully saturated rings. The predicted octanol–water partition coefficient (Wildman–Crippen LogP) is 0.167. The first-order chi connectivity index (χ1) is 9.29. The Balaban J connectivity index is 1.73. The van der Waals surface area contributed by atoms with Crippen molar-refractivity contribution < 1.29 is 9.53 Å². The van der Waals surface area contributed by atoms with Crippen molar-refractivity contribution in [3.8, 4) is 0 Å². The Kier molecular flexibility index (Phi) is 6.07. The molecular weight excluding hydrogens is 242 g/mol. The van der Waals surface area contributed by atoms with Gasteiger partial charge in [0.1, 0.15) is 0 Å². The molecule has 0 bridgehead atoms. The van der Waals surface area contributed by atoms with Crippen molar-refractivity contribution in [3.05, 3.63) is 0 Å². The lowest BCUT2D eigenvalue weighted by molar-refractivity contribution is -0.133. The molecule has 0 aromatic carbocycles. The lowest BCUT2D eigenvalue weighted by Gasteiger charge is -2.34. The van der Waals surface area contributed by atoms with Gasteiger partial charge < -0.3 is 15.0 Å². The number of hydrogen-bond acceptors (Lipinski definition) is 4. The smallest absolute Gasteiger partial charge is 0.236 e. The summed E-state index contributed by atoms with van der Waals surface area (Å²) in [5, 5.41) is 3.28. The normalized spacial score (nSPS) is 25.5. The number of methoxy groups -OCH3 is 1. The maximum Gasteiger partial charge on any atom is 0.236 e. The van der Waals surface area contributed by atoms with E-state index in [2.05, 4.69) is 10.2 Å². The van der Waals surface area contributed by atoms with Crippen LogP contribution < -0.4 is 5.32 Å². The van der Waals surface area contributed by atoms with Crippen LogP contribution in [0.2, 0.25) is 0 Å². The molecule has 0 saturated carbocycles. The van der Waals surface area contributed by atoms with Gasteiger partial charge >= 0.3 is 0 Å². The van der Waals surface area contributed by atoms with Gasteiger partial charge in [-0.15, -0.1) is 0 Å². The largest absolute Gasteiger partial charge is 0.385 e. The fraction of sp³-hybridized carbons (Fsp3) is 0.929. The summed E-state index contributed by atoms with van der Waals surface area (Å²) in [5.74, 6) is 0.999. The second kappa shape index (κ2) is 7.82. The number of nitrogens with one attached hydrogen (secondary N) is 1. The molecule has 110 valence electrons. The highest BCUT2D eigenvalue weighted by Gasteiger charge is 2.24. The van der Waals surface area contributed by atoms with Gasteiger partial charge in [-0.2, -0.15) is 0 Å². The molecule has 0 spiro atoms. The van der Waals surface area contributed by atoms with E-state index in [1.165, 1.54) is 12.8 Å². The number of carbonyl (C=O) groups is 1. The number of rotatable bonds is 5. The molecule has 2 rings (SSSR count). The Morgan fingerprint density at radius 2 is 2.11 bits per heavy atom. The van der Waals surface area contributed by atoms with Crippen molar-refractivity contribution in [2.75, 3.05) is 59.5 Å². The van der Waals surface area contributed by atoms with E-state index < -0.39 is 0 Å². The van der Waals surface area contributed by atoms with Crippen LogP contribution in [-0.2, 0) is 9.53 Å². The van der Waals surface area contributed by atoms with Crippen LogP contribution in [0.5, 0.6) is 0 Å². The monoisotopic (exact) mass is 269 g/mol. The van der Waals surface area contributed by atoms with Crippen LogP contribution in [0.4, 0.5) is 0 Å². The molecule has 0 aliphatic carbocycles. The van der Waals surface area contributed by atoms with Gasteiger partial charge in [0, 0.05) is 46.4 Å². The fourth-order valence-corrected chi connectivity index (χ4v) is 3.02. The lowest BCUT2D eigenvalue weighted by atomic mass is 9.95. The fourth-order valence-electron chi connectivity index (χ4n) is 3.02. The molecule has 1 atom stereocenters. The number of carbonyl (C=O) groups excluding carboxylic acids is 1. The van der Waals surface area contributed by atoms with Crippen LogP contribution in [0, 0.1) is 5.92 Å². The Morgan fingerprint density at radius 3 is 2.84 bits per heavy atom. The predicted molar refractivity (Wildman–Crippen MR) is 75.1 cm³/mol. The highest BCUT2D eigenvalue weighted by molar-refractivity contribution is 5.78. The summed E-state index contributed by atoms with van der Waals surface area (Å²) in [4.78, 5) is 16.5. The number of likely N-dealkylation sites (tertiary alicyclic amines) is 1. The van der Waals surface area contributed by atoms with Crippen molar-refractivity contribution >= 4 is 5.91 Å². The Bertz CT molecular complexity index is 280. The van der Waals surface area contributed by atoms with Crippen molar-refractivity contribution in [1.82, 2.24) is 15.1 Å². The number of piperazine rings is 1. The maximum absolute atomic E-state index is 12.2. The summed E-state index contributed by atoms with van der Waals surface area (Å²) in [6.07, 6.45) is 3.61. The van der Waals surface area contributed by atoms with E-state index in [0.717, 1.165) is 52.3 Å². The average Bonchev–Trinajstić information content (AvgIpc) is 2.46. The minimum atomic E-state index is 0.300. The molecular formula is C14H27N3O2. The summed E-state index contributed by atoms with van der Waals surface area (Å²) in [7, 11) is 1.76. The molecule has 19 heavy (non-hydrogen) atoms. The standard InChI is InChI=1S/C14H27N3O2/c1-19-10-4-13-3-2-7-16(11-13)12-14(18)17-8-5-15-6-9-17/h13,15H,2-12H2,1H3/t13-/m0/s1. The van der Waals surface area contributed by atoms with E-state index >= 15 is 0 Å². The Hall–Kier alpha value is -0.650. The van der Waals surface area contributed by atoms with E-state index in [0.29, 0.717) is 18.4 Å². The average molecular weight is 269 g/mol. The third-order valence-electron chi connectivity index (χ3n) is 4.16. The van der Waals surface area contributed by atoms with Crippen molar-refractivity contribution in [2.45, 2.75) is 19.3 Å². The topological polar surface area (TPSA) is 44.8 Å². The van der Waals surface area contributed by atoms with Crippen LogP contribution >= 0.6 is 0 Å². The molecule has 5 nitrogen and oxygen atoms in total. The molecule has 1 N–H and O–H groups in total. The van der Waals surface area contributed by atoms with Gasteiger partial charge in [0.05, 0.1) is 6.54 Å². The van der Waals surface area contributed by atoms with Gasteiger partial charge in [0.25, 0.3) is 0 Å². The molecule has 0 unspecified atom stereocenters. The first-order valence-electron chi connectivity index (χ1n) is 7.49. The van der Waals surface area contributed by atoms with Gasteiger partial charge in [0.15, 0.2) is 0 Å². The zero-order chi connectivity index (χ0) is 13.5. The Labute approximate surface area is 116 Å². The summed E-state index contributed by atoms with van der Waals surface area (Å²) < 4.78 is 5.16. The molecule has 0 radical (unpaired) electrons. The Morgan fingerprint density at radius 1 is 1.32 bits per heavy atom. The van der Waals surface area contributed by atoms with Crippen LogP contribution in [0.25, 0.3) is 0 Å². The highest BCUT2D eigenvalue weighted by Crippen LogP contribution is 2.19. The highest BCUT2D eigenvalue weighted by atomic mass is 16.5. The maximum atomic E-state index is 12.2. The van der Waals surface area contributed by atoms with Gasteiger partial charge in [-0.05, 0) is 31.7 Å². The molecule has 2 heterocycles. The van der Waals surface area contributed by atoms with Gasteiger partial charge in [-0.1, -0.05) is 0 Å². The van der Waals surface area contributed by atoms with E-state index in [1.54, 1.807) is 7.11 Å². The van der Waals surface area contributed by atoms with Crippen molar-refractivity contribution in [3.63, 3.8) is 0 Å². The van der Waals surface area contributed by atoms with Crippen LogP contribution in [0.3, 0.4) is 0 Å². The molecule has 0 aromatic rings. The third-order valence-corrected chi connectivity index (χ3v) is 4.16. The van der Waals surface area contributed by atoms with Gasteiger partial charge in [-0.25, -0.2) is 0 Å². The van der Waals surface area contributed by atoms with E-state index in [1.807, 2.05) is 4.90 Å². The number of piperidine rings is 1. The second-order valence-corrected chi connectivity index (χ2v) is 5.66. The number of nitrogens with zero attached hydrogens (tertiary/aromatic N) is 2. The minimum absolute atomic E-state index is 0.300. The summed E-state index contributed by atoms with van der Waals surface area (Å²) >= 11 is 0. The van der Waals surface area contributed by atoms with Crippen LogP contribution in [0.15, 0.2) is 0 Å². The zero-order valence-corrected chi connectivity index (χ0v) is 12.1. The van der Waals surface area contributed by atoms with Gasteiger partial charge in [-0.3, -0.25) is 9.69 Å². The summed E-state index contributed by atoms with van der Waals surface area (Å²) in [6.45, 7) is 7.15. The molecule has 2 aliphatic heterocycles. The molecule has 0 aromatic heterocycles. The molecule has 5 heteroatoms. The zero-order valence-electron chi connectivity index (χ0n) is 12.1. The van der Waals surface area contributed by atoms with E-state index in [4.69, 9.17) is 4.74 Å². The van der Waals surface area contributed by atoms with Crippen LogP contribution in [-0.4, -0.2) is 75.2 Å². The second-order valence-electron chi connectivity index (χ2n) is 5.66. The van der Waals surface area contributed by atoms with Crippen molar-refractivity contribution in [2.24, 2.45) is 5.92 Å². The first-order valence-corrected chi connectivity index (χ1v) is 7.49. The van der Waals surface area contributed by atoms with Crippen molar-refractivity contribution in [1.29, 1.82) is 0 Å². The number of hydrogen-bond donors (Lipinski definition) is 1. The number of amides is 1. The molecule has 1 amide bonds. The molecule has 2 aliphatic rings. The summed E-state index contributed by atoms with van der Waals surface area (Å²) in [5.41, 5.74) is 0.